The highest BCUT2D eigenvalue weighted by Crippen LogP contribution is 2.11. The van der Waals surface area contributed by atoms with Gasteiger partial charge in [-0.25, -0.2) is 0 Å². The summed E-state index contributed by atoms with van der Waals surface area (Å²) in [5.74, 6) is -0.736. The van der Waals surface area contributed by atoms with Gasteiger partial charge in [0.2, 0.25) is 0 Å². The second kappa shape index (κ2) is 7.63. The molecule has 0 atom stereocenters. The predicted molar refractivity (Wildman–Crippen MR) is 67.5 cm³/mol. The summed E-state index contributed by atoms with van der Waals surface area (Å²) in [4.78, 5) is 10.3. The number of aliphatic carboxylic acids is 1. The molecule has 0 radical (unpaired) electrons. The minimum Gasteiger partial charge on any atom is -0.481 e. The molecule has 0 spiro atoms. The summed E-state index contributed by atoms with van der Waals surface area (Å²) < 4.78 is 0. The quantitative estimate of drug-likeness (QED) is 0.713. The lowest BCUT2D eigenvalue weighted by Gasteiger charge is -2.01. The maximum absolute atomic E-state index is 10.3. The molecule has 0 saturated heterocycles. The highest BCUT2D eigenvalue weighted by Gasteiger charge is 1.96. The van der Waals surface area contributed by atoms with E-state index in [2.05, 4.69) is 0 Å². The maximum Gasteiger partial charge on any atom is 0.303 e. The first kappa shape index (κ1) is 13.5. The van der Waals surface area contributed by atoms with Crippen LogP contribution in [-0.4, -0.2) is 16.2 Å². The smallest absolute Gasteiger partial charge is 0.303 e. The molecule has 0 fully saturated rings. The van der Waals surface area contributed by atoms with Crippen LogP contribution in [0.5, 0.6) is 0 Å². The van der Waals surface area contributed by atoms with Gasteiger partial charge in [-0.3, -0.25) is 4.79 Å². The van der Waals surface area contributed by atoms with E-state index in [0.717, 1.165) is 24.0 Å². The number of aliphatic hydroxyl groups is 1. The first-order valence-electron chi connectivity index (χ1n) is 5.81. The molecule has 3 heteroatoms. The second-order valence-corrected chi connectivity index (χ2v) is 3.90. The van der Waals surface area contributed by atoms with Gasteiger partial charge in [0, 0.05) is 6.42 Å². The van der Waals surface area contributed by atoms with Crippen molar-refractivity contribution in [3.8, 4) is 0 Å². The fourth-order valence-electron chi connectivity index (χ4n) is 1.59. The number of unbranched alkanes of at least 4 members (excludes halogenated alkanes) is 2. The molecule has 0 saturated carbocycles. The molecule has 17 heavy (non-hydrogen) atoms. The molecular weight excluding hydrogens is 216 g/mol. The average Bonchev–Trinajstić information content (AvgIpc) is 2.33. The topological polar surface area (TPSA) is 57.5 Å². The Morgan fingerprint density at radius 2 is 2.00 bits per heavy atom. The van der Waals surface area contributed by atoms with E-state index in [1.165, 1.54) is 0 Å². The van der Waals surface area contributed by atoms with E-state index < -0.39 is 5.97 Å². The van der Waals surface area contributed by atoms with E-state index in [0.29, 0.717) is 6.42 Å². The summed E-state index contributed by atoms with van der Waals surface area (Å²) in [6.45, 7) is 0.0412. The standard InChI is InChI=1S/C14H18O3/c15-11-13-9-6-5-8-12(13)7-3-1-2-4-10-14(16)17/h3,5-9,15H,1-2,4,10-11H2,(H,16,17)/b7-3+. The van der Waals surface area contributed by atoms with E-state index in [1.54, 1.807) is 0 Å². The lowest BCUT2D eigenvalue weighted by Crippen LogP contribution is -1.92. The summed E-state index contributed by atoms with van der Waals surface area (Å²) >= 11 is 0. The van der Waals surface area contributed by atoms with Gasteiger partial charge in [-0.2, -0.15) is 0 Å². The summed E-state index contributed by atoms with van der Waals surface area (Å²) in [5.41, 5.74) is 1.93. The molecule has 0 unspecified atom stereocenters. The van der Waals surface area contributed by atoms with Crippen LogP contribution in [0.1, 0.15) is 36.8 Å². The molecule has 1 aromatic carbocycles. The molecule has 0 amide bonds. The molecule has 0 heterocycles. The number of carboxylic acids is 1. The fourth-order valence-corrected chi connectivity index (χ4v) is 1.59. The fraction of sp³-hybridized carbons (Fsp3) is 0.357. The lowest BCUT2D eigenvalue weighted by atomic mass is 10.1. The van der Waals surface area contributed by atoms with Gasteiger partial charge < -0.3 is 10.2 Å². The van der Waals surface area contributed by atoms with Crippen LogP contribution in [0.3, 0.4) is 0 Å². The van der Waals surface area contributed by atoms with Crippen LogP contribution in [0, 0.1) is 0 Å². The Bertz CT molecular complexity index is 383. The Kier molecular flexibility index (Phi) is 6.04. The third-order valence-electron chi connectivity index (χ3n) is 2.53. The Morgan fingerprint density at radius 3 is 2.71 bits per heavy atom. The molecule has 3 nitrogen and oxygen atoms in total. The summed E-state index contributed by atoms with van der Waals surface area (Å²) in [7, 11) is 0. The highest BCUT2D eigenvalue weighted by atomic mass is 16.4. The predicted octanol–water partition coefficient (Wildman–Crippen LogP) is 2.84. The van der Waals surface area contributed by atoms with Crippen molar-refractivity contribution in [2.24, 2.45) is 0 Å². The van der Waals surface area contributed by atoms with E-state index in [1.807, 2.05) is 36.4 Å². The molecule has 0 bridgehead atoms. The van der Waals surface area contributed by atoms with Crippen molar-refractivity contribution >= 4 is 12.0 Å². The third-order valence-corrected chi connectivity index (χ3v) is 2.53. The molecule has 0 aliphatic heterocycles. The molecule has 2 N–H and O–H groups in total. The number of hydrogen-bond donors (Lipinski definition) is 2. The monoisotopic (exact) mass is 234 g/mol. The minimum absolute atomic E-state index is 0.0412. The van der Waals surface area contributed by atoms with Crippen LogP contribution >= 0.6 is 0 Å². The Morgan fingerprint density at radius 1 is 1.24 bits per heavy atom. The van der Waals surface area contributed by atoms with Gasteiger partial charge in [0.1, 0.15) is 0 Å². The Balaban J connectivity index is 2.35. The van der Waals surface area contributed by atoms with Crippen molar-refractivity contribution in [3.63, 3.8) is 0 Å². The van der Waals surface area contributed by atoms with Crippen LogP contribution in [0.25, 0.3) is 6.08 Å². The zero-order chi connectivity index (χ0) is 12.5. The molecule has 0 aliphatic rings. The van der Waals surface area contributed by atoms with Crippen LogP contribution in [-0.2, 0) is 11.4 Å². The number of aliphatic hydroxyl groups excluding tert-OH is 1. The normalized spacial score (nSPS) is 10.9. The Labute approximate surface area is 101 Å². The lowest BCUT2D eigenvalue weighted by molar-refractivity contribution is -0.137. The molecule has 1 rings (SSSR count). The van der Waals surface area contributed by atoms with Gasteiger partial charge >= 0.3 is 5.97 Å². The molecule has 1 aromatic rings. The average molecular weight is 234 g/mol. The SMILES string of the molecule is O=C(O)CCCC/C=C/c1ccccc1CO. The van der Waals surface area contributed by atoms with Crippen molar-refractivity contribution in [3.05, 3.63) is 41.5 Å². The van der Waals surface area contributed by atoms with Crippen LogP contribution < -0.4 is 0 Å². The van der Waals surface area contributed by atoms with Crippen LogP contribution in [0.15, 0.2) is 30.3 Å². The van der Waals surface area contributed by atoms with E-state index in [9.17, 15) is 4.79 Å². The van der Waals surface area contributed by atoms with Crippen molar-refractivity contribution in [2.75, 3.05) is 0 Å². The van der Waals surface area contributed by atoms with Gasteiger partial charge in [-0.05, 0) is 30.4 Å². The van der Waals surface area contributed by atoms with Gasteiger partial charge in [0.25, 0.3) is 0 Å². The van der Waals surface area contributed by atoms with E-state index >= 15 is 0 Å². The third kappa shape index (κ3) is 5.31. The van der Waals surface area contributed by atoms with Crippen LogP contribution in [0.4, 0.5) is 0 Å². The number of hydrogen-bond acceptors (Lipinski definition) is 2. The molecule has 0 aromatic heterocycles. The van der Waals surface area contributed by atoms with Gasteiger partial charge in [0.05, 0.1) is 6.61 Å². The Hall–Kier alpha value is -1.61. The number of carbonyl (C=O) groups is 1. The van der Waals surface area contributed by atoms with E-state index in [4.69, 9.17) is 10.2 Å². The number of rotatable bonds is 7. The number of allylic oxidation sites excluding steroid dienone is 1. The van der Waals surface area contributed by atoms with Gasteiger partial charge in [0.15, 0.2) is 0 Å². The van der Waals surface area contributed by atoms with Crippen molar-refractivity contribution in [1.82, 2.24) is 0 Å². The molecule has 0 aliphatic carbocycles. The summed E-state index contributed by atoms with van der Waals surface area (Å²) in [6.07, 6.45) is 6.70. The van der Waals surface area contributed by atoms with Crippen molar-refractivity contribution in [2.45, 2.75) is 32.3 Å². The zero-order valence-electron chi connectivity index (χ0n) is 9.80. The highest BCUT2D eigenvalue weighted by molar-refractivity contribution is 5.66. The second-order valence-electron chi connectivity index (χ2n) is 3.90. The first-order chi connectivity index (χ1) is 8.24. The first-order valence-corrected chi connectivity index (χ1v) is 5.81. The van der Waals surface area contributed by atoms with Gasteiger partial charge in [-0.1, -0.05) is 36.4 Å². The number of carboxylic acid groups (broad SMARTS) is 1. The zero-order valence-corrected chi connectivity index (χ0v) is 9.80. The van der Waals surface area contributed by atoms with Crippen LogP contribution in [0.2, 0.25) is 0 Å². The maximum atomic E-state index is 10.3. The summed E-state index contributed by atoms with van der Waals surface area (Å²) in [5, 5.41) is 17.6. The number of benzene rings is 1. The van der Waals surface area contributed by atoms with E-state index in [-0.39, 0.29) is 13.0 Å². The largest absolute Gasteiger partial charge is 0.481 e. The van der Waals surface area contributed by atoms with Gasteiger partial charge in [-0.15, -0.1) is 0 Å². The minimum atomic E-state index is -0.736. The summed E-state index contributed by atoms with van der Waals surface area (Å²) in [6, 6.07) is 7.68. The molecular formula is C14H18O3. The van der Waals surface area contributed by atoms with Crippen molar-refractivity contribution in [1.29, 1.82) is 0 Å². The molecule has 92 valence electrons. The van der Waals surface area contributed by atoms with Crippen molar-refractivity contribution < 1.29 is 15.0 Å².